The van der Waals surface area contributed by atoms with E-state index in [9.17, 15) is 9.59 Å². The molecular weight excluding hydrogens is 298 g/mol. The number of hydrogen-bond donors (Lipinski definition) is 2. The van der Waals surface area contributed by atoms with E-state index in [1.54, 1.807) is 0 Å². The largest absolute Gasteiger partial charge is 0.481 e. The third-order valence-corrected chi connectivity index (χ3v) is 3.98. The van der Waals surface area contributed by atoms with Gasteiger partial charge in [0, 0.05) is 12.1 Å². The first kappa shape index (κ1) is 15.1. The van der Waals surface area contributed by atoms with Crippen molar-refractivity contribution >= 4 is 11.9 Å². The summed E-state index contributed by atoms with van der Waals surface area (Å²) < 4.78 is 0. The fourth-order valence-electron chi connectivity index (χ4n) is 2.20. The van der Waals surface area contributed by atoms with Crippen LogP contribution in [-0.4, -0.2) is 43.7 Å². The van der Waals surface area contributed by atoms with Crippen LogP contribution in [0.1, 0.15) is 18.4 Å². The van der Waals surface area contributed by atoms with Gasteiger partial charge in [0.1, 0.15) is 6.54 Å². The summed E-state index contributed by atoms with van der Waals surface area (Å²) >= 11 is 0. The van der Waals surface area contributed by atoms with Crippen LogP contribution in [0.25, 0.3) is 11.4 Å². The molecule has 23 heavy (non-hydrogen) atoms. The van der Waals surface area contributed by atoms with Crippen molar-refractivity contribution in [3.05, 3.63) is 29.8 Å². The zero-order valence-corrected chi connectivity index (χ0v) is 12.7. The molecule has 3 rings (SSSR count). The average molecular weight is 315 g/mol. The minimum atomic E-state index is -0.863. The number of benzene rings is 1. The third-order valence-electron chi connectivity index (χ3n) is 3.98. The van der Waals surface area contributed by atoms with Gasteiger partial charge in [0.15, 0.2) is 0 Å². The fourth-order valence-corrected chi connectivity index (χ4v) is 2.20. The molecule has 120 valence electrons. The minimum absolute atomic E-state index is 0.0887. The van der Waals surface area contributed by atoms with Gasteiger partial charge in [-0.1, -0.05) is 29.8 Å². The highest BCUT2D eigenvalue weighted by molar-refractivity contribution is 5.80. The van der Waals surface area contributed by atoms with Crippen molar-refractivity contribution in [3.8, 4) is 11.4 Å². The van der Waals surface area contributed by atoms with E-state index in [1.807, 2.05) is 31.2 Å². The average Bonchev–Trinajstić information content (AvgIpc) is 3.19. The zero-order valence-electron chi connectivity index (χ0n) is 12.7. The standard InChI is InChI=1S/C15H17N5O3/c1-10-2-4-11(5-3-10)13-17-19-20(18-13)8-12(21)16-9-15(6-7-15)14(22)23/h2-5H,6-9H2,1H3,(H,16,21)(H,22,23). The lowest BCUT2D eigenvalue weighted by Crippen LogP contribution is -2.36. The van der Waals surface area contributed by atoms with Crippen LogP contribution in [0, 0.1) is 12.3 Å². The molecule has 1 aliphatic rings. The van der Waals surface area contributed by atoms with Crippen molar-refractivity contribution < 1.29 is 14.7 Å². The molecule has 2 N–H and O–H groups in total. The normalized spacial score (nSPS) is 15.2. The molecular formula is C15H17N5O3. The Balaban J connectivity index is 1.57. The topological polar surface area (TPSA) is 110 Å². The first-order chi connectivity index (χ1) is 11.0. The molecule has 0 unspecified atom stereocenters. The molecule has 1 amide bonds. The first-order valence-corrected chi connectivity index (χ1v) is 7.33. The van der Waals surface area contributed by atoms with E-state index >= 15 is 0 Å². The van der Waals surface area contributed by atoms with E-state index in [4.69, 9.17) is 5.11 Å². The van der Waals surface area contributed by atoms with Gasteiger partial charge >= 0.3 is 5.97 Å². The number of nitrogens with zero attached hydrogens (tertiary/aromatic N) is 4. The number of carboxylic acid groups (broad SMARTS) is 1. The van der Waals surface area contributed by atoms with Crippen molar-refractivity contribution in [2.45, 2.75) is 26.3 Å². The van der Waals surface area contributed by atoms with Gasteiger partial charge in [0.2, 0.25) is 11.7 Å². The summed E-state index contributed by atoms with van der Waals surface area (Å²) in [7, 11) is 0. The molecule has 1 saturated carbocycles. The van der Waals surface area contributed by atoms with Gasteiger partial charge in [-0.15, -0.1) is 10.2 Å². The first-order valence-electron chi connectivity index (χ1n) is 7.33. The van der Waals surface area contributed by atoms with Crippen molar-refractivity contribution in [2.24, 2.45) is 5.41 Å². The maximum atomic E-state index is 11.9. The molecule has 1 aliphatic carbocycles. The van der Waals surface area contributed by atoms with E-state index in [0.717, 1.165) is 11.1 Å². The molecule has 0 aliphatic heterocycles. The number of amides is 1. The number of carbonyl (C=O) groups is 2. The molecule has 2 aromatic rings. The number of carboxylic acids is 1. The number of tetrazole rings is 1. The van der Waals surface area contributed by atoms with Crippen molar-refractivity contribution in [2.75, 3.05) is 6.54 Å². The predicted octanol–water partition coefficient (Wildman–Crippen LogP) is 0.630. The number of hydrogen-bond acceptors (Lipinski definition) is 5. The predicted molar refractivity (Wildman–Crippen MR) is 80.3 cm³/mol. The lowest BCUT2D eigenvalue weighted by atomic mass is 10.1. The second kappa shape index (κ2) is 5.79. The number of nitrogens with one attached hydrogen (secondary N) is 1. The molecule has 0 spiro atoms. The van der Waals surface area contributed by atoms with E-state index < -0.39 is 11.4 Å². The Bertz CT molecular complexity index is 734. The Hall–Kier alpha value is -2.77. The highest BCUT2D eigenvalue weighted by Gasteiger charge is 2.50. The Morgan fingerprint density at radius 1 is 1.30 bits per heavy atom. The lowest BCUT2D eigenvalue weighted by Gasteiger charge is -2.10. The summed E-state index contributed by atoms with van der Waals surface area (Å²) in [6, 6.07) is 7.67. The van der Waals surface area contributed by atoms with E-state index in [2.05, 4.69) is 20.7 Å². The number of carbonyl (C=O) groups excluding carboxylic acids is 1. The fraction of sp³-hybridized carbons (Fsp3) is 0.400. The number of aromatic nitrogens is 4. The van der Waals surface area contributed by atoms with Gasteiger partial charge in [0.25, 0.3) is 0 Å². The van der Waals surface area contributed by atoms with Gasteiger partial charge in [-0.2, -0.15) is 4.80 Å². The van der Waals surface area contributed by atoms with Crippen molar-refractivity contribution in [1.82, 2.24) is 25.5 Å². The zero-order chi connectivity index (χ0) is 16.4. The Morgan fingerprint density at radius 2 is 2.00 bits per heavy atom. The van der Waals surface area contributed by atoms with Crippen LogP contribution in [0.2, 0.25) is 0 Å². The van der Waals surface area contributed by atoms with Crippen LogP contribution in [0.3, 0.4) is 0 Å². The Labute approximate surface area is 132 Å². The van der Waals surface area contributed by atoms with Crippen LogP contribution in [0.4, 0.5) is 0 Å². The van der Waals surface area contributed by atoms with Crippen molar-refractivity contribution in [3.63, 3.8) is 0 Å². The molecule has 1 aromatic carbocycles. The quantitative estimate of drug-likeness (QED) is 0.809. The van der Waals surface area contributed by atoms with Crippen LogP contribution >= 0.6 is 0 Å². The summed E-state index contributed by atoms with van der Waals surface area (Å²) in [5, 5.41) is 23.6. The molecule has 8 heteroatoms. The minimum Gasteiger partial charge on any atom is -0.481 e. The van der Waals surface area contributed by atoms with Gasteiger partial charge in [0.05, 0.1) is 5.41 Å². The smallest absolute Gasteiger partial charge is 0.311 e. The SMILES string of the molecule is Cc1ccc(-c2nnn(CC(=O)NCC3(C(=O)O)CC3)n2)cc1. The van der Waals surface area contributed by atoms with E-state index in [1.165, 1.54) is 4.80 Å². The second-order valence-electron chi connectivity index (χ2n) is 5.87. The van der Waals surface area contributed by atoms with E-state index in [0.29, 0.717) is 18.7 Å². The molecule has 0 radical (unpaired) electrons. The molecule has 0 bridgehead atoms. The monoisotopic (exact) mass is 315 g/mol. The second-order valence-corrected chi connectivity index (χ2v) is 5.87. The van der Waals surface area contributed by atoms with Crippen LogP contribution < -0.4 is 5.32 Å². The Morgan fingerprint density at radius 3 is 2.61 bits per heavy atom. The number of aliphatic carboxylic acids is 1. The maximum absolute atomic E-state index is 11.9. The van der Waals surface area contributed by atoms with Crippen LogP contribution in [-0.2, 0) is 16.1 Å². The summed E-state index contributed by atoms with van der Waals surface area (Å²) in [6.45, 7) is 2.04. The molecule has 0 atom stereocenters. The molecule has 8 nitrogen and oxygen atoms in total. The molecule has 0 saturated heterocycles. The number of aryl methyl sites for hydroxylation is 1. The summed E-state index contributed by atoms with van der Waals surface area (Å²) in [4.78, 5) is 24.1. The summed E-state index contributed by atoms with van der Waals surface area (Å²) in [5.74, 6) is -0.745. The van der Waals surface area contributed by atoms with Gasteiger partial charge < -0.3 is 10.4 Å². The van der Waals surface area contributed by atoms with Gasteiger partial charge in [-0.05, 0) is 25.0 Å². The third kappa shape index (κ3) is 3.36. The summed E-state index contributed by atoms with van der Waals surface area (Å²) in [5.41, 5.74) is 1.18. The van der Waals surface area contributed by atoms with Gasteiger partial charge in [-0.25, -0.2) is 0 Å². The highest BCUT2D eigenvalue weighted by Crippen LogP contribution is 2.45. The lowest BCUT2D eigenvalue weighted by molar-refractivity contribution is -0.143. The molecule has 1 heterocycles. The Kier molecular flexibility index (Phi) is 3.81. The van der Waals surface area contributed by atoms with Crippen LogP contribution in [0.5, 0.6) is 0 Å². The molecule has 1 aromatic heterocycles. The summed E-state index contributed by atoms with van der Waals surface area (Å²) in [6.07, 6.45) is 1.20. The van der Waals surface area contributed by atoms with Crippen molar-refractivity contribution in [1.29, 1.82) is 0 Å². The van der Waals surface area contributed by atoms with E-state index in [-0.39, 0.29) is 19.0 Å². The highest BCUT2D eigenvalue weighted by atomic mass is 16.4. The van der Waals surface area contributed by atoms with Gasteiger partial charge in [-0.3, -0.25) is 9.59 Å². The maximum Gasteiger partial charge on any atom is 0.311 e. The number of rotatable bonds is 6. The van der Waals surface area contributed by atoms with Crippen LogP contribution in [0.15, 0.2) is 24.3 Å². The molecule has 1 fully saturated rings.